The number of halogens is 2. The standard InChI is InChI=1S/C29H28ClFN8O4/c1-16-24-21(35-34-16)13-14-38(23(40)12-9-19-22(39-15-32-36-37-39)11-10-20(30)25(19)31)26(24)27(41)33-18-7-5-17(6-8-18)28(42)43-29(2,3)4/h5-12,15,26H,13-14H2,1-4H3,(H,33,41)(H,34,35)/b12-9+. The summed E-state index contributed by atoms with van der Waals surface area (Å²) < 4.78 is 21.7. The van der Waals surface area contributed by atoms with Crippen LogP contribution in [-0.2, 0) is 20.7 Å². The molecule has 0 radical (unpaired) electrons. The number of ether oxygens (including phenoxy) is 1. The molecule has 1 aliphatic heterocycles. The average molecular weight is 607 g/mol. The molecule has 43 heavy (non-hydrogen) atoms. The lowest BCUT2D eigenvalue weighted by Gasteiger charge is -2.34. The molecule has 0 aliphatic carbocycles. The van der Waals surface area contributed by atoms with Crippen LogP contribution < -0.4 is 5.32 Å². The van der Waals surface area contributed by atoms with Gasteiger partial charge in [0.1, 0.15) is 18.0 Å². The average Bonchev–Trinajstić information content (AvgIpc) is 3.63. The molecular weight excluding hydrogens is 579 g/mol. The fraction of sp³-hybridized carbons (Fsp3) is 0.276. The van der Waals surface area contributed by atoms with Crippen molar-refractivity contribution in [1.29, 1.82) is 0 Å². The lowest BCUT2D eigenvalue weighted by atomic mass is 9.95. The van der Waals surface area contributed by atoms with Gasteiger partial charge in [-0.2, -0.15) is 9.78 Å². The Bertz CT molecular complexity index is 1710. The van der Waals surface area contributed by atoms with Gasteiger partial charge in [-0.3, -0.25) is 14.7 Å². The van der Waals surface area contributed by atoms with Crippen LogP contribution in [0.25, 0.3) is 11.8 Å². The van der Waals surface area contributed by atoms with E-state index in [0.717, 1.165) is 0 Å². The molecule has 0 saturated carbocycles. The number of H-pyrrole nitrogens is 1. The van der Waals surface area contributed by atoms with Crippen molar-refractivity contribution in [3.63, 3.8) is 0 Å². The minimum absolute atomic E-state index is 0.00332. The molecule has 5 rings (SSSR count). The number of hydrogen-bond acceptors (Lipinski definition) is 8. The fourth-order valence-electron chi connectivity index (χ4n) is 4.74. The molecule has 2 aromatic carbocycles. The molecule has 222 valence electrons. The summed E-state index contributed by atoms with van der Waals surface area (Å²) >= 11 is 6.02. The summed E-state index contributed by atoms with van der Waals surface area (Å²) in [7, 11) is 0. The molecule has 4 aromatic rings. The Kier molecular flexibility index (Phi) is 8.09. The van der Waals surface area contributed by atoms with E-state index in [1.807, 2.05) is 0 Å². The molecule has 3 heterocycles. The van der Waals surface area contributed by atoms with Crippen LogP contribution >= 0.6 is 11.6 Å². The van der Waals surface area contributed by atoms with Crippen molar-refractivity contribution in [3.05, 3.63) is 87.7 Å². The van der Waals surface area contributed by atoms with Crippen molar-refractivity contribution in [2.75, 3.05) is 11.9 Å². The Morgan fingerprint density at radius 2 is 1.91 bits per heavy atom. The molecule has 0 bridgehead atoms. The van der Waals surface area contributed by atoms with Gasteiger partial charge in [0.25, 0.3) is 5.91 Å². The Balaban J connectivity index is 1.41. The van der Waals surface area contributed by atoms with Gasteiger partial charge in [0, 0.05) is 41.5 Å². The van der Waals surface area contributed by atoms with Crippen LogP contribution in [0.15, 0.2) is 48.8 Å². The molecule has 1 unspecified atom stereocenters. The van der Waals surface area contributed by atoms with E-state index in [2.05, 4.69) is 31.0 Å². The smallest absolute Gasteiger partial charge is 0.338 e. The van der Waals surface area contributed by atoms with Gasteiger partial charge < -0.3 is 15.0 Å². The predicted octanol–water partition coefficient (Wildman–Crippen LogP) is 4.22. The van der Waals surface area contributed by atoms with Crippen molar-refractivity contribution in [1.82, 2.24) is 35.3 Å². The predicted molar refractivity (Wildman–Crippen MR) is 155 cm³/mol. The summed E-state index contributed by atoms with van der Waals surface area (Å²) in [6.07, 6.45) is 4.16. The molecule has 2 N–H and O–H groups in total. The number of aromatic amines is 1. The number of anilines is 1. The zero-order valence-corrected chi connectivity index (χ0v) is 24.5. The first-order chi connectivity index (χ1) is 20.4. The lowest BCUT2D eigenvalue weighted by molar-refractivity contribution is -0.135. The monoisotopic (exact) mass is 606 g/mol. The molecule has 1 aliphatic rings. The van der Waals surface area contributed by atoms with E-state index in [1.54, 1.807) is 52.0 Å². The molecular formula is C29H28ClFN8O4. The van der Waals surface area contributed by atoms with E-state index < -0.39 is 35.2 Å². The number of rotatable bonds is 6. The van der Waals surface area contributed by atoms with E-state index in [4.69, 9.17) is 16.3 Å². The molecule has 0 saturated heterocycles. The van der Waals surface area contributed by atoms with Crippen molar-refractivity contribution >= 4 is 41.1 Å². The highest BCUT2D eigenvalue weighted by Crippen LogP contribution is 2.33. The SMILES string of the molecule is Cc1[nH]nc2c1C(C(=O)Nc1ccc(C(=O)OC(C)(C)C)cc1)N(C(=O)/C=C/c1c(-n3cnnn3)ccc(Cl)c1F)CC2. The zero-order chi connectivity index (χ0) is 30.9. The minimum atomic E-state index is -1.03. The summed E-state index contributed by atoms with van der Waals surface area (Å²) in [6.45, 7) is 7.28. The Labute approximate surface area is 250 Å². The van der Waals surface area contributed by atoms with E-state index >= 15 is 4.39 Å². The second-order valence-corrected chi connectivity index (χ2v) is 11.3. The van der Waals surface area contributed by atoms with E-state index in [9.17, 15) is 14.4 Å². The fourth-order valence-corrected chi connectivity index (χ4v) is 4.90. The molecule has 1 atom stereocenters. The van der Waals surface area contributed by atoms with E-state index in [-0.39, 0.29) is 22.8 Å². The van der Waals surface area contributed by atoms with Crippen molar-refractivity contribution in [3.8, 4) is 5.69 Å². The van der Waals surface area contributed by atoms with Gasteiger partial charge in [-0.1, -0.05) is 11.6 Å². The summed E-state index contributed by atoms with van der Waals surface area (Å²) in [5, 5.41) is 20.8. The Hall–Kier alpha value is -4.91. The van der Waals surface area contributed by atoms with Crippen molar-refractivity contribution in [2.24, 2.45) is 0 Å². The molecule has 0 fully saturated rings. The summed E-state index contributed by atoms with van der Waals surface area (Å²) in [5.74, 6) is -2.26. The number of benzene rings is 2. The first kappa shape index (κ1) is 29.6. The van der Waals surface area contributed by atoms with Crippen LogP contribution in [0.4, 0.5) is 10.1 Å². The number of esters is 1. The molecule has 14 heteroatoms. The van der Waals surface area contributed by atoms with Gasteiger partial charge >= 0.3 is 5.97 Å². The van der Waals surface area contributed by atoms with Gasteiger partial charge in [-0.15, -0.1) is 5.10 Å². The van der Waals surface area contributed by atoms with Gasteiger partial charge in [0.05, 0.1) is 22.0 Å². The summed E-state index contributed by atoms with van der Waals surface area (Å²) in [6, 6.07) is 8.11. The van der Waals surface area contributed by atoms with Gasteiger partial charge in [0.2, 0.25) is 5.91 Å². The van der Waals surface area contributed by atoms with Crippen LogP contribution in [0, 0.1) is 12.7 Å². The number of carbonyl (C=O) groups excluding carboxylic acids is 3. The number of tetrazole rings is 1. The molecule has 0 spiro atoms. The van der Waals surface area contributed by atoms with Crippen molar-refractivity contribution < 1.29 is 23.5 Å². The summed E-state index contributed by atoms with van der Waals surface area (Å²) in [4.78, 5) is 41.1. The third-order valence-corrected chi connectivity index (χ3v) is 6.96. The first-order valence-corrected chi connectivity index (χ1v) is 13.7. The van der Waals surface area contributed by atoms with Gasteiger partial charge in [-0.05, 0) is 80.6 Å². The van der Waals surface area contributed by atoms with Crippen LogP contribution in [0.3, 0.4) is 0 Å². The maximum atomic E-state index is 15.1. The highest BCUT2D eigenvalue weighted by atomic mass is 35.5. The number of carbonyl (C=O) groups is 3. The van der Waals surface area contributed by atoms with Crippen LogP contribution in [-0.4, -0.2) is 65.2 Å². The second kappa shape index (κ2) is 11.8. The number of fused-ring (bicyclic) bond motifs is 1. The third-order valence-electron chi connectivity index (χ3n) is 6.66. The van der Waals surface area contributed by atoms with Gasteiger partial charge in [0.15, 0.2) is 5.82 Å². The maximum absolute atomic E-state index is 15.1. The lowest BCUT2D eigenvalue weighted by Crippen LogP contribution is -2.44. The highest BCUT2D eigenvalue weighted by molar-refractivity contribution is 6.31. The number of nitrogens with one attached hydrogen (secondary N) is 2. The molecule has 2 amide bonds. The zero-order valence-electron chi connectivity index (χ0n) is 23.8. The van der Waals surface area contributed by atoms with Crippen LogP contribution in [0.5, 0.6) is 0 Å². The molecule has 2 aromatic heterocycles. The second-order valence-electron chi connectivity index (χ2n) is 10.8. The maximum Gasteiger partial charge on any atom is 0.338 e. The third kappa shape index (κ3) is 6.31. The quantitative estimate of drug-likeness (QED) is 0.245. The number of hydrogen-bond donors (Lipinski definition) is 2. The van der Waals surface area contributed by atoms with Gasteiger partial charge in [-0.25, -0.2) is 9.18 Å². The normalized spacial score (nSPS) is 14.9. The number of aryl methyl sites for hydroxylation is 1. The highest BCUT2D eigenvalue weighted by Gasteiger charge is 2.38. The van der Waals surface area contributed by atoms with Crippen molar-refractivity contribution in [2.45, 2.75) is 45.8 Å². The topological polar surface area (TPSA) is 148 Å². The minimum Gasteiger partial charge on any atom is -0.456 e. The Morgan fingerprint density at radius 3 is 2.58 bits per heavy atom. The summed E-state index contributed by atoms with van der Waals surface area (Å²) in [5.41, 5.74) is 2.26. The number of aromatic nitrogens is 6. The molecule has 12 nitrogen and oxygen atoms in total. The number of amides is 2. The number of nitrogens with zero attached hydrogens (tertiary/aromatic N) is 6. The van der Waals surface area contributed by atoms with Crippen LogP contribution in [0.2, 0.25) is 5.02 Å². The largest absolute Gasteiger partial charge is 0.456 e. The van der Waals surface area contributed by atoms with E-state index in [0.29, 0.717) is 34.6 Å². The van der Waals surface area contributed by atoms with Crippen LogP contribution in [0.1, 0.15) is 59.7 Å². The first-order valence-electron chi connectivity index (χ1n) is 13.3. The Morgan fingerprint density at radius 1 is 1.16 bits per heavy atom. The van der Waals surface area contributed by atoms with E-state index in [1.165, 1.54) is 40.2 Å².